The summed E-state index contributed by atoms with van der Waals surface area (Å²) >= 11 is 1.42. The van der Waals surface area contributed by atoms with E-state index in [1.54, 1.807) is 0 Å². The minimum absolute atomic E-state index is 0.304. The van der Waals surface area contributed by atoms with E-state index < -0.39 is 5.97 Å². The number of carbonyl (C=O) groups is 1. The van der Waals surface area contributed by atoms with Gasteiger partial charge >= 0.3 is 5.97 Å². The predicted octanol–water partition coefficient (Wildman–Crippen LogP) is 1.84. The SMILES string of the molecule is C[C@H]1CCN1c1nc(N2C[C@@H]3C(CC(=O)O)[C@@H]3C2)c2csnc2n1. The summed E-state index contributed by atoms with van der Waals surface area (Å²) in [6.07, 6.45) is 1.48. The summed E-state index contributed by atoms with van der Waals surface area (Å²) in [4.78, 5) is 24.9. The zero-order chi connectivity index (χ0) is 16.4. The van der Waals surface area contributed by atoms with E-state index in [1.807, 2.05) is 5.38 Å². The van der Waals surface area contributed by atoms with Crippen LogP contribution in [0.15, 0.2) is 5.38 Å². The van der Waals surface area contributed by atoms with E-state index in [2.05, 4.69) is 26.1 Å². The van der Waals surface area contributed by atoms with Crippen molar-refractivity contribution in [2.45, 2.75) is 25.8 Å². The number of anilines is 2. The molecule has 0 radical (unpaired) electrons. The third kappa shape index (κ3) is 2.08. The van der Waals surface area contributed by atoms with E-state index in [4.69, 9.17) is 10.1 Å². The van der Waals surface area contributed by atoms with E-state index in [1.165, 1.54) is 18.0 Å². The molecule has 3 aliphatic rings. The lowest BCUT2D eigenvalue weighted by atomic mass is 10.1. The van der Waals surface area contributed by atoms with Crippen LogP contribution in [0.2, 0.25) is 0 Å². The van der Waals surface area contributed by atoms with Crippen LogP contribution in [-0.4, -0.2) is 51.1 Å². The molecule has 0 bridgehead atoms. The van der Waals surface area contributed by atoms with Crippen LogP contribution in [0.25, 0.3) is 11.0 Å². The maximum absolute atomic E-state index is 10.9. The highest BCUT2D eigenvalue weighted by atomic mass is 32.1. The Kier molecular flexibility index (Phi) is 3.01. The summed E-state index contributed by atoms with van der Waals surface area (Å²) in [5.74, 6) is 2.44. The highest BCUT2D eigenvalue weighted by Gasteiger charge is 2.56. The summed E-state index contributed by atoms with van der Waals surface area (Å²) in [5, 5.41) is 12.0. The molecule has 1 N–H and O–H groups in total. The molecule has 8 heteroatoms. The van der Waals surface area contributed by atoms with Crippen LogP contribution in [0.5, 0.6) is 0 Å². The highest BCUT2D eigenvalue weighted by molar-refractivity contribution is 7.04. The van der Waals surface area contributed by atoms with Gasteiger partial charge in [-0.25, -0.2) is 0 Å². The maximum atomic E-state index is 10.9. The molecule has 0 amide bonds. The van der Waals surface area contributed by atoms with Gasteiger partial charge in [-0.15, -0.1) is 0 Å². The van der Waals surface area contributed by atoms with Crippen molar-refractivity contribution in [2.75, 3.05) is 29.4 Å². The molecular weight excluding hydrogens is 326 g/mol. The minimum atomic E-state index is -0.679. The molecule has 2 aromatic heterocycles. The second-order valence-corrected chi connectivity index (χ2v) is 7.85. The first kappa shape index (κ1) is 14.4. The van der Waals surface area contributed by atoms with Gasteiger partial charge in [-0.1, -0.05) is 0 Å². The Bertz CT molecular complexity index is 812. The van der Waals surface area contributed by atoms with Gasteiger partial charge in [0.15, 0.2) is 5.65 Å². The Morgan fingerprint density at radius 1 is 1.38 bits per heavy atom. The van der Waals surface area contributed by atoms with Gasteiger partial charge in [0.05, 0.1) is 5.39 Å². The standard InChI is InChI=1S/C16H19N5O2S/c1-8-2-3-21(8)16-17-14-12(7-24-19-14)15(18-16)20-5-10-9(4-13(22)23)11(10)6-20/h7-11H,2-6H2,1H3,(H,22,23)/t8-,9?,10-,11+/m0/s1. The summed E-state index contributed by atoms with van der Waals surface area (Å²) in [5.41, 5.74) is 0.779. The molecule has 1 unspecified atom stereocenters. The van der Waals surface area contributed by atoms with Crippen LogP contribution in [0.3, 0.4) is 0 Å². The Hall–Kier alpha value is -1.96. The van der Waals surface area contributed by atoms with Gasteiger partial charge in [0.1, 0.15) is 5.82 Å². The predicted molar refractivity (Wildman–Crippen MR) is 91.6 cm³/mol. The van der Waals surface area contributed by atoms with E-state index in [9.17, 15) is 4.79 Å². The molecule has 7 nitrogen and oxygen atoms in total. The number of rotatable bonds is 4. The molecule has 1 aliphatic carbocycles. The van der Waals surface area contributed by atoms with Crippen molar-refractivity contribution in [1.82, 2.24) is 14.3 Å². The quantitative estimate of drug-likeness (QED) is 0.905. The number of aromatic nitrogens is 3. The number of hydrogen-bond acceptors (Lipinski definition) is 7. The molecule has 1 saturated carbocycles. The Balaban J connectivity index is 1.43. The Morgan fingerprint density at radius 3 is 2.79 bits per heavy atom. The van der Waals surface area contributed by atoms with Crippen LogP contribution in [0.1, 0.15) is 19.8 Å². The molecule has 4 heterocycles. The molecule has 2 aromatic rings. The van der Waals surface area contributed by atoms with E-state index in [0.717, 1.165) is 42.4 Å². The van der Waals surface area contributed by atoms with Crippen molar-refractivity contribution in [3.05, 3.63) is 5.38 Å². The van der Waals surface area contributed by atoms with Crippen molar-refractivity contribution in [1.29, 1.82) is 0 Å². The maximum Gasteiger partial charge on any atom is 0.303 e. The highest BCUT2D eigenvalue weighted by Crippen LogP contribution is 2.54. The molecule has 2 aliphatic heterocycles. The molecule has 0 aromatic carbocycles. The van der Waals surface area contributed by atoms with Crippen LogP contribution >= 0.6 is 11.5 Å². The normalized spacial score (nSPS) is 31.2. The van der Waals surface area contributed by atoms with Gasteiger partial charge in [-0.05, 0) is 42.6 Å². The van der Waals surface area contributed by atoms with Gasteiger partial charge in [0.2, 0.25) is 5.95 Å². The second kappa shape index (κ2) is 5.02. The molecule has 126 valence electrons. The summed E-state index contributed by atoms with van der Waals surface area (Å²) in [6.45, 7) is 5.00. The lowest BCUT2D eigenvalue weighted by molar-refractivity contribution is -0.137. The molecule has 0 spiro atoms. The van der Waals surface area contributed by atoms with Gasteiger partial charge in [0.25, 0.3) is 0 Å². The summed E-state index contributed by atoms with van der Waals surface area (Å²) in [7, 11) is 0. The third-order valence-corrected chi connectivity index (χ3v) is 6.48. The second-order valence-electron chi connectivity index (χ2n) is 7.22. The van der Waals surface area contributed by atoms with Crippen molar-refractivity contribution in [3.8, 4) is 0 Å². The van der Waals surface area contributed by atoms with Crippen LogP contribution in [0.4, 0.5) is 11.8 Å². The van der Waals surface area contributed by atoms with Crippen LogP contribution in [-0.2, 0) is 4.79 Å². The Labute approximate surface area is 143 Å². The first-order valence-corrected chi connectivity index (χ1v) is 9.31. The smallest absolute Gasteiger partial charge is 0.303 e. The van der Waals surface area contributed by atoms with Crippen molar-refractivity contribution < 1.29 is 9.90 Å². The number of carboxylic acids is 1. The molecule has 2 saturated heterocycles. The average molecular weight is 345 g/mol. The van der Waals surface area contributed by atoms with Crippen LogP contribution < -0.4 is 9.80 Å². The number of piperidine rings is 1. The molecule has 5 rings (SSSR count). The molecule has 24 heavy (non-hydrogen) atoms. The summed E-state index contributed by atoms with van der Waals surface area (Å²) < 4.78 is 4.42. The zero-order valence-electron chi connectivity index (χ0n) is 13.4. The topological polar surface area (TPSA) is 82.5 Å². The first-order chi connectivity index (χ1) is 11.6. The van der Waals surface area contributed by atoms with E-state index >= 15 is 0 Å². The first-order valence-electron chi connectivity index (χ1n) is 8.47. The number of hydrogen-bond donors (Lipinski definition) is 1. The fourth-order valence-corrected chi connectivity index (χ4v) is 4.86. The molecule has 3 fully saturated rings. The largest absolute Gasteiger partial charge is 0.481 e. The van der Waals surface area contributed by atoms with Gasteiger partial charge < -0.3 is 14.9 Å². The van der Waals surface area contributed by atoms with Crippen molar-refractivity contribution in [3.63, 3.8) is 0 Å². The molecular formula is C16H19N5O2S. The van der Waals surface area contributed by atoms with Gasteiger partial charge in [-0.3, -0.25) is 4.79 Å². The van der Waals surface area contributed by atoms with E-state index in [-0.39, 0.29) is 0 Å². The molecule has 4 atom stereocenters. The lowest BCUT2D eigenvalue weighted by Crippen LogP contribution is -2.46. The monoisotopic (exact) mass is 345 g/mol. The van der Waals surface area contributed by atoms with Crippen molar-refractivity contribution >= 4 is 40.3 Å². The van der Waals surface area contributed by atoms with Gasteiger partial charge in [0, 0.05) is 37.5 Å². The number of fused-ring (bicyclic) bond motifs is 2. The van der Waals surface area contributed by atoms with Crippen molar-refractivity contribution in [2.24, 2.45) is 17.8 Å². The fourth-order valence-electron chi connectivity index (χ4n) is 4.25. The van der Waals surface area contributed by atoms with Gasteiger partial charge in [-0.2, -0.15) is 14.3 Å². The zero-order valence-corrected chi connectivity index (χ0v) is 14.2. The third-order valence-electron chi connectivity index (χ3n) is 5.86. The van der Waals surface area contributed by atoms with Crippen LogP contribution in [0, 0.1) is 17.8 Å². The van der Waals surface area contributed by atoms with E-state index in [0.29, 0.717) is 30.2 Å². The number of aliphatic carboxylic acids is 1. The minimum Gasteiger partial charge on any atom is -0.481 e. The average Bonchev–Trinajstić information content (AvgIpc) is 2.97. The summed E-state index contributed by atoms with van der Waals surface area (Å²) in [6, 6.07) is 0.487. The lowest BCUT2D eigenvalue weighted by Gasteiger charge is -2.39. The Morgan fingerprint density at radius 2 is 2.17 bits per heavy atom. The fraction of sp³-hybridized carbons (Fsp3) is 0.625. The number of carboxylic acid groups (broad SMARTS) is 1. The number of nitrogens with zero attached hydrogens (tertiary/aromatic N) is 5.